The first-order valence-electron chi connectivity index (χ1n) is 5.76. The van der Waals surface area contributed by atoms with Crippen LogP contribution in [0.15, 0.2) is 10.3 Å². The van der Waals surface area contributed by atoms with Gasteiger partial charge in [-0.25, -0.2) is 0 Å². The average Bonchev–Trinajstić information content (AvgIpc) is 2.87. The zero-order chi connectivity index (χ0) is 10.7. The van der Waals surface area contributed by atoms with Crippen LogP contribution in [0.1, 0.15) is 44.9 Å². The van der Waals surface area contributed by atoms with Gasteiger partial charge in [0.05, 0.1) is 11.4 Å². The van der Waals surface area contributed by atoms with Crippen LogP contribution in [0.3, 0.4) is 0 Å². The zero-order valence-corrected chi connectivity index (χ0v) is 8.89. The lowest BCUT2D eigenvalue weighted by molar-refractivity contribution is 0.310. The second-order valence-electron chi connectivity index (χ2n) is 4.60. The summed E-state index contributed by atoms with van der Waals surface area (Å²) in [6, 6.07) is 0. The molecule has 4 heteroatoms. The van der Waals surface area contributed by atoms with Gasteiger partial charge in [-0.2, -0.15) is 0 Å². The van der Waals surface area contributed by atoms with Crippen molar-refractivity contribution < 1.29 is 10.4 Å². The first kappa shape index (κ1) is 10.5. The molecule has 84 valence electrons. The molecule has 0 heterocycles. The Morgan fingerprint density at radius 1 is 0.933 bits per heavy atom. The van der Waals surface area contributed by atoms with Crippen molar-refractivity contribution in [1.82, 2.24) is 0 Å². The molecule has 2 saturated carbocycles. The molecule has 0 saturated heterocycles. The maximum atomic E-state index is 8.84. The van der Waals surface area contributed by atoms with Crippen molar-refractivity contribution >= 4 is 11.4 Å². The van der Waals surface area contributed by atoms with E-state index in [1.165, 1.54) is 0 Å². The Morgan fingerprint density at radius 2 is 1.40 bits per heavy atom. The monoisotopic (exact) mass is 210 g/mol. The van der Waals surface area contributed by atoms with Crippen molar-refractivity contribution in [2.75, 3.05) is 0 Å². The second-order valence-corrected chi connectivity index (χ2v) is 4.60. The zero-order valence-electron chi connectivity index (χ0n) is 8.89. The molecule has 0 aliphatic heterocycles. The molecule has 0 aromatic heterocycles. The van der Waals surface area contributed by atoms with E-state index < -0.39 is 0 Å². The van der Waals surface area contributed by atoms with E-state index in [-0.39, 0.29) is 0 Å². The van der Waals surface area contributed by atoms with E-state index >= 15 is 0 Å². The molecule has 0 bridgehead atoms. The molecular formula is C11H18N2O2. The first-order chi connectivity index (χ1) is 7.35. The molecule has 2 aliphatic rings. The predicted octanol–water partition coefficient (Wildman–Crippen LogP) is 2.64. The topological polar surface area (TPSA) is 65.2 Å². The van der Waals surface area contributed by atoms with E-state index in [0.717, 1.165) is 56.4 Å². The van der Waals surface area contributed by atoms with Gasteiger partial charge in [0.2, 0.25) is 0 Å². The number of hydrogen-bond donors (Lipinski definition) is 2. The number of nitrogens with zero attached hydrogens (tertiary/aromatic N) is 2. The predicted molar refractivity (Wildman–Crippen MR) is 57.7 cm³/mol. The highest BCUT2D eigenvalue weighted by atomic mass is 16.4. The molecule has 2 N–H and O–H groups in total. The summed E-state index contributed by atoms with van der Waals surface area (Å²) in [7, 11) is 0. The molecule has 0 radical (unpaired) electrons. The fourth-order valence-corrected chi connectivity index (χ4v) is 2.92. The third-order valence-corrected chi connectivity index (χ3v) is 3.74. The highest BCUT2D eigenvalue weighted by molar-refractivity contribution is 5.91. The molecule has 2 aliphatic carbocycles. The van der Waals surface area contributed by atoms with Gasteiger partial charge in [-0.05, 0) is 44.9 Å². The highest BCUT2D eigenvalue weighted by Gasteiger charge is 2.30. The molecule has 4 nitrogen and oxygen atoms in total. The maximum absolute atomic E-state index is 8.84. The van der Waals surface area contributed by atoms with Gasteiger partial charge in [0.15, 0.2) is 0 Å². The van der Waals surface area contributed by atoms with Crippen molar-refractivity contribution in [1.29, 1.82) is 0 Å². The molecule has 2 fully saturated rings. The van der Waals surface area contributed by atoms with Gasteiger partial charge in [0, 0.05) is 11.8 Å². The Hall–Kier alpha value is -1.06. The SMILES string of the molecule is ON=C1CCCC1CC1CCCC1=NO. The van der Waals surface area contributed by atoms with Crippen molar-refractivity contribution in [3.8, 4) is 0 Å². The summed E-state index contributed by atoms with van der Waals surface area (Å²) in [4.78, 5) is 0. The molecule has 0 aromatic rings. The highest BCUT2D eigenvalue weighted by Crippen LogP contribution is 2.34. The Labute approximate surface area is 89.7 Å². The van der Waals surface area contributed by atoms with Crippen LogP contribution in [0.5, 0.6) is 0 Å². The van der Waals surface area contributed by atoms with Crippen LogP contribution in [-0.2, 0) is 0 Å². The fraction of sp³-hybridized carbons (Fsp3) is 0.818. The van der Waals surface area contributed by atoms with Crippen LogP contribution >= 0.6 is 0 Å². The summed E-state index contributed by atoms with van der Waals surface area (Å²) in [5, 5.41) is 24.4. The van der Waals surface area contributed by atoms with Crippen LogP contribution in [0.25, 0.3) is 0 Å². The minimum absolute atomic E-state index is 0.412. The van der Waals surface area contributed by atoms with E-state index in [1.54, 1.807) is 0 Å². The Kier molecular flexibility index (Phi) is 3.23. The van der Waals surface area contributed by atoms with Crippen molar-refractivity contribution in [3.05, 3.63) is 0 Å². The maximum Gasteiger partial charge on any atom is 0.0601 e. The fourth-order valence-electron chi connectivity index (χ4n) is 2.92. The van der Waals surface area contributed by atoms with Gasteiger partial charge in [0.25, 0.3) is 0 Å². The summed E-state index contributed by atoms with van der Waals surface area (Å²) in [5.41, 5.74) is 1.89. The van der Waals surface area contributed by atoms with Gasteiger partial charge in [0.1, 0.15) is 0 Å². The first-order valence-corrected chi connectivity index (χ1v) is 5.76. The number of rotatable bonds is 2. The minimum atomic E-state index is 0.412. The summed E-state index contributed by atoms with van der Waals surface area (Å²) >= 11 is 0. The van der Waals surface area contributed by atoms with Gasteiger partial charge < -0.3 is 10.4 Å². The standard InChI is InChI=1S/C11H18N2O2/c14-12-10-5-1-3-8(10)7-9-4-2-6-11(9)13-15/h8-9,14-15H,1-7H2. The van der Waals surface area contributed by atoms with Crippen LogP contribution in [-0.4, -0.2) is 21.8 Å². The smallest absolute Gasteiger partial charge is 0.0601 e. The summed E-state index contributed by atoms with van der Waals surface area (Å²) in [6.45, 7) is 0. The third-order valence-electron chi connectivity index (χ3n) is 3.74. The molecule has 2 atom stereocenters. The van der Waals surface area contributed by atoms with Crippen molar-refractivity contribution in [2.45, 2.75) is 44.9 Å². The number of hydrogen-bond acceptors (Lipinski definition) is 4. The van der Waals surface area contributed by atoms with Gasteiger partial charge in [-0.1, -0.05) is 10.3 Å². The second kappa shape index (κ2) is 4.64. The van der Waals surface area contributed by atoms with Crippen molar-refractivity contribution in [2.24, 2.45) is 22.1 Å². The van der Waals surface area contributed by atoms with Crippen LogP contribution in [0.2, 0.25) is 0 Å². The van der Waals surface area contributed by atoms with Crippen LogP contribution in [0, 0.1) is 11.8 Å². The summed E-state index contributed by atoms with van der Waals surface area (Å²) in [5.74, 6) is 0.824. The Balaban J connectivity index is 1.96. The molecule has 15 heavy (non-hydrogen) atoms. The molecule has 2 unspecified atom stereocenters. The average molecular weight is 210 g/mol. The molecule has 0 aromatic carbocycles. The van der Waals surface area contributed by atoms with E-state index in [4.69, 9.17) is 10.4 Å². The van der Waals surface area contributed by atoms with E-state index in [2.05, 4.69) is 10.3 Å². The third kappa shape index (κ3) is 2.13. The lowest BCUT2D eigenvalue weighted by atomic mass is 9.90. The normalized spacial score (nSPS) is 36.8. The van der Waals surface area contributed by atoms with Gasteiger partial charge in [-0.3, -0.25) is 0 Å². The molecular weight excluding hydrogens is 192 g/mol. The summed E-state index contributed by atoms with van der Waals surface area (Å²) in [6.07, 6.45) is 7.35. The quantitative estimate of drug-likeness (QED) is 0.543. The minimum Gasteiger partial charge on any atom is -0.411 e. The lowest BCUT2D eigenvalue weighted by Gasteiger charge is -2.15. The van der Waals surface area contributed by atoms with E-state index in [0.29, 0.717) is 11.8 Å². The van der Waals surface area contributed by atoms with Crippen molar-refractivity contribution in [3.63, 3.8) is 0 Å². The van der Waals surface area contributed by atoms with Gasteiger partial charge >= 0.3 is 0 Å². The largest absolute Gasteiger partial charge is 0.411 e. The molecule has 0 amide bonds. The Bertz CT molecular complexity index is 258. The summed E-state index contributed by atoms with van der Waals surface area (Å²) < 4.78 is 0. The van der Waals surface area contributed by atoms with E-state index in [1.807, 2.05) is 0 Å². The van der Waals surface area contributed by atoms with E-state index in [9.17, 15) is 0 Å². The van der Waals surface area contributed by atoms with Crippen LogP contribution in [0.4, 0.5) is 0 Å². The molecule has 2 rings (SSSR count). The molecule has 0 spiro atoms. The Morgan fingerprint density at radius 3 is 1.80 bits per heavy atom. The van der Waals surface area contributed by atoms with Gasteiger partial charge in [-0.15, -0.1) is 0 Å². The van der Waals surface area contributed by atoms with Crippen LogP contribution < -0.4 is 0 Å². The number of oxime groups is 2. The lowest BCUT2D eigenvalue weighted by Crippen LogP contribution is -2.16.